The predicted octanol–water partition coefficient (Wildman–Crippen LogP) is 2.88. The second-order valence-corrected chi connectivity index (χ2v) is 7.10. The predicted molar refractivity (Wildman–Crippen MR) is 91.1 cm³/mol. The molecule has 0 radical (unpaired) electrons. The first-order valence-electron chi connectivity index (χ1n) is 8.32. The fraction of sp³-hybridized carbons (Fsp3) is 0.500. The van der Waals surface area contributed by atoms with Crippen LogP contribution in [0.1, 0.15) is 38.1 Å². The Balaban J connectivity index is 1.45. The molecule has 0 saturated heterocycles. The first-order chi connectivity index (χ1) is 11.8. The number of oxazole rings is 1. The molecule has 1 aliphatic carbocycles. The zero-order chi connectivity index (χ0) is 16.4. The first kappa shape index (κ1) is 15.4. The molecule has 2 aromatic heterocycles. The molecule has 1 aromatic carbocycles. The summed E-state index contributed by atoms with van der Waals surface area (Å²) in [4.78, 5) is 12.0. The fourth-order valence-electron chi connectivity index (χ4n) is 3.29. The SMILES string of the molecule is O=c1oc2ccccc2n1CCSc1nnnn1C1CCCCC1. The van der Waals surface area contributed by atoms with Crippen LogP contribution in [0.25, 0.3) is 11.1 Å². The molecule has 0 unspecified atom stereocenters. The van der Waals surface area contributed by atoms with Gasteiger partial charge in [-0.2, -0.15) is 0 Å². The maximum Gasteiger partial charge on any atom is 0.419 e. The van der Waals surface area contributed by atoms with Gasteiger partial charge in [-0.15, -0.1) is 5.10 Å². The molecular formula is C16H19N5O2S. The molecule has 1 fully saturated rings. The molecular weight excluding hydrogens is 326 g/mol. The number of aryl methyl sites for hydroxylation is 1. The van der Waals surface area contributed by atoms with E-state index >= 15 is 0 Å². The quantitative estimate of drug-likeness (QED) is 0.662. The van der Waals surface area contributed by atoms with Gasteiger partial charge < -0.3 is 4.42 Å². The molecule has 1 saturated carbocycles. The minimum atomic E-state index is -0.316. The minimum absolute atomic E-state index is 0.316. The number of aromatic nitrogens is 5. The molecule has 0 N–H and O–H groups in total. The second-order valence-electron chi connectivity index (χ2n) is 6.03. The molecule has 126 valence electrons. The molecule has 0 bridgehead atoms. The largest absolute Gasteiger partial charge is 0.419 e. The van der Waals surface area contributed by atoms with E-state index in [1.807, 2.05) is 28.9 Å². The summed E-state index contributed by atoms with van der Waals surface area (Å²) < 4.78 is 8.88. The van der Waals surface area contributed by atoms with Crippen LogP contribution in [0.3, 0.4) is 0 Å². The Morgan fingerprint density at radius 1 is 1.21 bits per heavy atom. The van der Waals surface area contributed by atoms with Crippen LogP contribution in [0.5, 0.6) is 0 Å². The van der Waals surface area contributed by atoms with E-state index in [-0.39, 0.29) is 5.76 Å². The van der Waals surface area contributed by atoms with Crippen LogP contribution in [0.15, 0.2) is 38.6 Å². The van der Waals surface area contributed by atoms with Crippen molar-refractivity contribution in [1.82, 2.24) is 24.8 Å². The molecule has 2 heterocycles. The summed E-state index contributed by atoms with van der Waals surface area (Å²) in [6.45, 7) is 0.568. The van der Waals surface area contributed by atoms with Gasteiger partial charge in [0.1, 0.15) is 0 Å². The van der Waals surface area contributed by atoms with E-state index in [9.17, 15) is 4.79 Å². The Kier molecular flexibility index (Phi) is 4.38. The smallest absolute Gasteiger partial charge is 0.408 e. The molecule has 0 aliphatic heterocycles. The van der Waals surface area contributed by atoms with Crippen LogP contribution >= 0.6 is 11.8 Å². The Labute approximate surface area is 143 Å². The Morgan fingerprint density at radius 3 is 2.92 bits per heavy atom. The molecule has 0 amide bonds. The highest BCUT2D eigenvalue weighted by atomic mass is 32.2. The van der Waals surface area contributed by atoms with Crippen molar-refractivity contribution in [2.45, 2.75) is 49.8 Å². The summed E-state index contributed by atoms with van der Waals surface area (Å²) in [5.41, 5.74) is 1.45. The number of fused-ring (bicyclic) bond motifs is 1. The van der Waals surface area contributed by atoms with Crippen LogP contribution in [0.2, 0.25) is 0 Å². The van der Waals surface area contributed by atoms with E-state index in [1.54, 1.807) is 16.3 Å². The Morgan fingerprint density at radius 2 is 2.04 bits per heavy atom. The average Bonchev–Trinajstić information content (AvgIpc) is 3.20. The van der Waals surface area contributed by atoms with Gasteiger partial charge in [-0.1, -0.05) is 43.2 Å². The van der Waals surface area contributed by atoms with Crippen molar-refractivity contribution in [2.75, 3.05) is 5.75 Å². The van der Waals surface area contributed by atoms with Crippen LogP contribution in [0, 0.1) is 0 Å². The number of nitrogens with zero attached hydrogens (tertiary/aromatic N) is 5. The van der Waals surface area contributed by atoms with Crippen molar-refractivity contribution in [2.24, 2.45) is 0 Å². The molecule has 4 rings (SSSR count). The summed E-state index contributed by atoms with van der Waals surface area (Å²) >= 11 is 1.59. The lowest BCUT2D eigenvalue weighted by Gasteiger charge is -2.21. The maximum atomic E-state index is 12.0. The van der Waals surface area contributed by atoms with Crippen molar-refractivity contribution in [1.29, 1.82) is 0 Å². The lowest BCUT2D eigenvalue weighted by atomic mass is 9.96. The van der Waals surface area contributed by atoms with Gasteiger partial charge in [0, 0.05) is 12.3 Å². The van der Waals surface area contributed by atoms with Crippen molar-refractivity contribution in [3.05, 3.63) is 34.8 Å². The maximum absolute atomic E-state index is 12.0. The van der Waals surface area contributed by atoms with Crippen molar-refractivity contribution < 1.29 is 4.42 Å². The molecule has 7 nitrogen and oxygen atoms in total. The van der Waals surface area contributed by atoms with Gasteiger partial charge in [-0.05, 0) is 35.4 Å². The normalized spacial score (nSPS) is 16.0. The number of hydrogen-bond acceptors (Lipinski definition) is 6. The van der Waals surface area contributed by atoms with E-state index in [0.29, 0.717) is 18.2 Å². The summed E-state index contributed by atoms with van der Waals surface area (Å²) in [6, 6.07) is 7.89. The Hall–Kier alpha value is -2.09. The van der Waals surface area contributed by atoms with Gasteiger partial charge in [0.05, 0.1) is 11.6 Å². The topological polar surface area (TPSA) is 78.7 Å². The highest BCUT2D eigenvalue weighted by Crippen LogP contribution is 2.30. The Bertz CT molecular complexity index is 878. The number of para-hydroxylation sites is 2. The third-order valence-corrected chi connectivity index (χ3v) is 5.42. The molecule has 0 spiro atoms. The number of hydrogen-bond donors (Lipinski definition) is 0. The van der Waals surface area contributed by atoms with Crippen LogP contribution in [0.4, 0.5) is 0 Å². The molecule has 3 aromatic rings. The molecule has 1 aliphatic rings. The van der Waals surface area contributed by atoms with Gasteiger partial charge in [0.25, 0.3) is 0 Å². The van der Waals surface area contributed by atoms with Crippen molar-refractivity contribution >= 4 is 22.9 Å². The summed E-state index contributed by atoms with van der Waals surface area (Å²) in [7, 11) is 0. The second kappa shape index (κ2) is 6.80. The first-order valence-corrected chi connectivity index (χ1v) is 9.30. The molecule has 24 heavy (non-hydrogen) atoms. The van der Waals surface area contributed by atoms with Gasteiger partial charge >= 0.3 is 5.76 Å². The van der Waals surface area contributed by atoms with Gasteiger partial charge in [0.15, 0.2) is 5.58 Å². The third kappa shape index (κ3) is 2.98. The van der Waals surface area contributed by atoms with Crippen LogP contribution in [-0.4, -0.2) is 30.5 Å². The lowest BCUT2D eigenvalue weighted by molar-refractivity contribution is 0.307. The van der Waals surface area contributed by atoms with E-state index in [2.05, 4.69) is 15.5 Å². The lowest BCUT2D eigenvalue weighted by Crippen LogP contribution is -2.17. The molecule has 8 heteroatoms. The van der Waals surface area contributed by atoms with Crippen LogP contribution in [-0.2, 0) is 6.54 Å². The monoisotopic (exact) mass is 345 g/mol. The summed E-state index contributed by atoms with van der Waals surface area (Å²) in [5, 5.41) is 13.0. The fourth-order valence-corrected chi connectivity index (χ4v) is 4.16. The minimum Gasteiger partial charge on any atom is -0.408 e. The highest BCUT2D eigenvalue weighted by Gasteiger charge is 2.20. The zero-order valence-corrected chi connectivity index (χ0v) is 14.1. The number of benzene rings is 1. The van der Waals surface area contributed by atoms with Crippen molar-refractivity contribution in [3.63, 3.8) is 0 Å². The number of tetrazole rings is 1. The zero-order valence-electron chi connectivity index (χ0n) is 13.3. The number of thioether (sulfide) groups is 1. The molecule has 0 atom stereocenters. The standard InChI is InChI=1S/C16H19N5O2S/c22-16-20(13-8-4-5-9-14(13)23-16)10-11-24-15-17-18-19-21(15)12-6-2-1-3-7-12/h4-5,8-9,12H,1-3,6-7,10-11H2. The van der Waals surface area contributed by atoms with Gasteiger partial charge in [-0.25, -0.2) is 9.48 Å². The summed E-state index contributed by atoms with van der Waals surface area (Å²) in [6.07, 6.45) is 6.07. The van der Waals surface area contributed by atoms with E-state index in [4.69, 9.17) is 4.42 Å². The number of rotatable bonds is 5. The van der Waals surface area contributed by atoms with E-state index < -0.39 is 0 Å². The van der Waals surface area contributed by atoms with Crippen molar-refractivity contribution in [3.8, 4) is 0 Å². The van der Waals surface area contributed by atoms with Gasteiger partial charge in [0.2, 0.25) is 5.16 Å². The highest BCUT2D eigenvalue weighted by molar-refractivity contribution is 7.99. The van der Waals surface area contributed by atoms with Crippen LogP contribution < -0.4 is 5.76 Å². The third-order valence-electron chi connectivity index (χ3n) is 4.50. The van der Waals surface area contributed by atoms with E-state index in [0.717, 1.165) is 29.3 Å². The summed E-state index contributed by atoms with van der Waals surface area (Å²) in [5.74, 6) is 0.403. The van der Waals surface area contributed by atoms with E-state index in [1.165, 1.54) is 19.3 Å². The average molecular weight is 345 g/mol. The van der Waals surface area contributed by atoms with Gasteiger partial charge in [-0.3, -0.25) is 4.57 Å².